The number of fused-ring (bicyclic) bond motifs is 1. The highest BCUT2D eigenvalue weighted by atomic mass is 35.5. The van der Waals surface area contributed by atoms with Gasteiger partial charge in [0.25, 0.3) is 0 Å². The van der Waals surface area contributed by atoms with Crippen molar-refractivity contribution in [2.75, 3.05) is 0 Å². The SMILES string of the molecule is CC1C(c2nc3cc(-c4ccccc4C(F)(F)F)ccc3n2C(F)(F)F)=NOC12CCCCC2.Cl. The third-order valence-electron chi connectivity index (χ3n) is 6.91. The molecule has 11 heteroatoms. The van der Waals surface area contributed by atoms with Gasteiger partial charge in [-0.1, -0.05) is 42.8 Å². The molecule has 1 aromatic heterocycles. The van der Waals surface area contributed by atoms with Gasteiger partial charge in [-0.3, -0.25) is 0 Å². The number of alkyl halides is 6. The van der Waals surface area contributed by atoms with E-state index in [1.165, 1.54) is 30.3 Å². The first-order valence-corrected chi connectivity index (χ1v) is 11.0. The largest absolute Gasteiger partial charge is 0.490 e. The van der Waals surface area contributed by atoms with E-state index < -0.39 is 35.4 Å². The summed E-state index contributed by atoms with van der Waals surface area (Å²) in [4.78, 5) is 9.93. The van der Waals surface area contributed by atoms with Crippen LogP contribution in [0.2, 0.25) is 0 Å². The van der Waals surface area contributed by atoms with Crippen LogP contribution in [-0.2, 0) is 17.3 Å². The van der Waals surface area contributed by atoms with Crippen molar-refractivity contribution in [1.82, 2.24) is 9.55 Å². The van der Waals surface area contributed by atoms with Crippen molar-refractivity contribution in [2.24, 2.45) is 11.1 Å². The summed E-state index contributed by atoms with van der Waals surface area (Å²) in [6.07, 6.45) is -5.16. The third-order valence-corrected chi connectivity index (χ3v) is 6.91. The minimum Gasteiger partial charge on any atom is -0.388 e. The van der Waals surface area contributed by atoms with Crippen LogP contribution >= 0.6 is 12.4 Å². The first kappa shape index (κ1) is 25.3. The van der Waals surface area contributed by atoms with Crippen molar-refractivity contribution in [3.8, 4) is 11.1 Å². The van der Waals surface area contributed by atoms with Gasteiger partial charge in [0.05, 0.1) is 16.6 Å². The van der Waals surface area contributed by atoms with Crippen LogP contribution in [0.4, 0.5) is 26.3 Å². The number of rotatable bonds is 2. The third kappa shape index (κ3) is 4.26. The van der Waals surface area contributed by atoms with E-state index in [9.17, 15) is 26.3 Å². The minimum atomic E-state index is -4.81. The molecule has 35 heavy (non-hydrogen) atoms. The maximum atomic E-state index is 14.1. The Balaban J connectivity index is 0.00000289. The maximum Gasteiger partial charge on any atom is 0.490 e. The van der Waals surface area contributed by atoms with Gasteiger partial charge >= 0.3 is 12.5 Å². The first-order chi connectivity index (χ1) is 16.0. The van der Waals surface area contributed by atoms with E-state index >= 15 is 0 Å². The topological polar surface area (TPSA) is 39.4 Å². The molecule has 5 rings (SSSR count). The fraction of sp³-hybridized carbons (Fsp3) is 0.417. The lowest BCUT2D eigenvalue weighted by Crippen LogP contribution is -2.40. The Hall–Kier alpha value is -2.75. The molecule has 2 aliphatic rings. The molecule has 1 saturated carbocycles. The monoisotopic (exact) mass is 517 g/mol. The number of nitrogens with zero attached hydrogens (tertiary/aromatic N) is 3. The van der Waals surface area contributed by atoms with E-state index in [-0.39, 0.29) is 44.8 Å². The summed E-state index contributed by atoms with van der Waals surface area (Å²) in [6, 6.07) is 8.60. The van der Waals surface area contributed by atoms with Crippen molar-refractivity contribution in [2.45, 2.75) is 57.1 Å². The molecule has 0 bridgehead atoms. The highest BCUT2D eigenvalue weighted by Gasteiger charge is 2.50. The molecule has 0 radical (unpaired) electrons. The molecule has 1 fully saturated rings. The van der Waals surface area contributed by atoms with Crippen LogP contribution in [0.5, 0.6) is 0 Å². The zero-order valence-electron chi connectivity index (χ0n) is 18.6. The smallest absolute Gasteiger partial charge is 0.388 e. The lowest BCUT2D eigenvalue weighted by Gasteiger charge is -2.34. The number of halogens is 7. The van der Waals surface area contributed by atoms with Crippen LogP contribution in [0, 0.1) is 5.92 Å². The summed E-state index contributed by atoms with van der Waals surface area (Å²) < 4.78 is 83.1. The van der Waals surface area contributed by atoms with Crippen molar-refractivity contribution >= 4 is 29.2 Å². The predicted octanol–water partition coefficient (Wildman–Crippen LogP) is 7.69. The molecule has 2 heterocycles. The summed E-state index contributed by atoms with van der Waals surface area (Å²) in [5.41, 5.74) is -1.73. The number of hydrogen-bond donors (Lipinski definition) is 0. The van der Waals surface area contributed by atoms with E-state index in [1.54, 1.807) is 6.92 Å². The molecule has 1 atom stereocenters. The number of imidazole rings is 1. The van der Waals surface area contributed by atoms with Crippen LogP contribution in [0.1, 0.15) is 50.4 Å². The Kier molecular flexibility index (Phi) is 6.32. The van der Waals surface area contributed by atoms with Gasteiger partial charge in [0.2, 0.25) is 0 Å². The maximum absolute atomic E-state index is 14.1. The van der Waals surface area contributed by atoms with E-state index in [2.05, 4.69) is 10.1 Å². The molecule has 1 aliphatic heterocycles. The van der Waals surface area contributed by atoms with Crippen molar-refractivity contribution in [3.63, 3.8) is 0 Å². The zero-order valence-corrected chi connectivity index (χ0v) is 19.4. The normalized spacial score (nSPS) is 20.0. The summed E-state index contributed by atoms with van der Waals surface area (Å²) in [5, 5.41) is 4.04. The lowest BCUT2D eigenvalue weighted by molar-refractivity contribution is -0.201. The number of aromatic nitrogens is 2. The Bertz CT molecular complexity index is 1270. The Morgan fingerprint density at radius 1 is 0.971 bits per heavy atom. The van der Waals surface area contributed by atoms with Crippen LogP contribution in [-0.4, -0.2) is 20.9 Å². The zero-order chi connectivity index (χ0) is 24.3. The molecule has 0 saturated heterocycles. The predicted molar refractivity (Wildman–Crippen MR) is 121 cm³/mol. The summed E-state index contributed by atoms with van der Waals surface area (Å²) in [5.74, 6) is -0.796. The average Bonchev–Trinajstić information content (AvgIpc) is 3.31. The van der Waals surface area contributed by atoms with Gasteiger partial charge < -0.3 is 4.84 Å². The molecule has 0 N–H and O–H groups in total. The molecule has 1 unspecified atom stereocenters. The van der Waals surface area contributed by atoms with Gasteiger partial charge in [-0.2, -0.15) is 13.2 Å². The van der Waals surface area contributed by atoms with E-state index in [4.69, 9.17) is 4.84 Å². The van der Waals surface area contributed by atoms with Gasteiger partial charge in [-0.05, 0) is 55.0 Å². The van der Waals surface area contributed by atoms with Crippen LogP contribution < -0.4 is 0 Å². The fourth-order valence-electron chi connectivity index (χ4n) is 5.11. The minimum absolute atomic E-state index is 0. The van der Waals surface area contributed by atoms with Crippen LogP contribution in [0.3, 0.4) is 0 Å². The number of oxime groups is 1. The van der Waals surface area contributed by atoms with Crippen molar-refractivity contribution in [1.29, 1.82) is 0 Å². The Morgan fingerprint density at radius 2 is 1.66 bits per heavy atom. The van der Waals surface area contributed by atoms with Gasteiger partial charge in [0.1, 0.15) is 11.3 Å². The molecular formula is C24H22ClF6N3O. The lowest BCUT2D eigenvalue weighted by atomic mass is 9.75. The second-order valence-corrected chi connectivity index (χ2v) is 8.90. The van der Waals surface area contributed by atoms with E-state index in [0.717, 1.165) is 31.4 Å². The van der Waals surface area contributed by atoms with E-state index in [1.807, 2.05) is 0 Å². The quantitative estimate of drug-likeness (QED) is 0.327. The van der Waals surface area contributed by atoms with Crippen molar-refractivity contribution < 1.29 is 31.2 Å². The first-order valence-electron chi connectivity index (χ1n) is 11.0. The Morgan fingerprint density at radius 3 is 2.31 bits per heavy atom. The second-order valence-electron chi connectivity index (χ2n) is 8.90. The summed E-state index contributed by atoms with van der Waals surface area (Å²) in [6.45, 7) is 1.79. The van der Waals surface area contributed by atoms with Gasteiger partial charge in [-0.25, -0.2) is 9.55 Å². The Labute approximate surface area is 203 Å². The summed E-state index contributed by atoms with van der Waals surface area (Å²) >= 11 is 0. The molecule has 1 spiro atoms. The molecule has 4 nitrogen and oxygen atoms in total. The van der Waals surface area contributed by atoms with Gasteiger partial charge in [0, 0.05) is 5.92 Å². The van der Waals surface area contributed by atoms with E-state index in [0.29, 0.717) is 12.8 Å². The molecule has 3 aromatic rings. The molecule has 1 aliphatic carbocycles. The van der Waals surface area contributed by atoms with Crippen molar-refractivity contribution in [3.05, 3.63) is 53.9 Å². The van der Waals surface area contributed by atoms with Gasteiger partial charge in [-0.15, -0.1) is 25.6 Å². The standard InChI is InChI=1S/C24H21F6N3O.ClH/c1-14-20(32-34-22(14)11-5-2-6-12-22)21-31-18-13-15(9-10-19(18)33(21)24(28,29)30)16-7-3-4-8-17(16)23(25,26)27;/h3-4,7-10,13-14H,2,5-6,11-12H2,1H3;1H. The summed E-state index contributed by atoms with van der Waals surface area (Å²) in [7, 11) is 0. The average molecular weight is 518 g/mol. The highest BCUT2D eigenvalue weighted by molar-refractivity contribution is 6.03. The molecule has 188 valence electrons. The number of benzene rings is 2. The van der Waals surface area contributed by atoms with Crippen LogP contribution in [0.15, 0.2) is 47.6 Å². The molecule has 2 aromatic carbocycles. The molecular weight excluding hydrogens is 496 g/mol. The fourth-order valence-corrected chi connectivity index (χ4v) is 5.11. The highest BCUT2D eigenvalue weighted by Crippen LogP contribution is 2.45. The second kappa shape index (κ2) is 8.72. The van der Waals surface area contributed by atoms with Crippen LogP contribution in [0.25, 0.3) is 22.2 Å². The number of hydrogen-bond acceptors (Lipinski definition) is 3. The molecule has 0 amide bonds. The van der Waals surface area contributed by atoms with Gasteiger partial charge in [0.15, 0.2) is 5.82 Å².